The molecule has 1 amide bonds. The maximum absolute atomic E-state index is 12.1. The molecule has 0 saturated carbocycles. The van der Waals surface area contributed by atoms with Gasteiger partial charge in [0.15, 0.2) is 0 Å². The van der Waals surface area contributed by atoms with Crippen molar-refractivity contribution in [3.05, 3.63) is 0 Å². The third kappa shape index (κ3) is 4.80. The summed E-state index contributed by atoms with van der Waals surface area (Å²) in [6.45, 7) is 2.71. The van der Waals surface area contributed by atoms with Gasteiger partial charge < -0.3 is 20.5 Å². The number of hydrogen-bond acceptors (Lipinski definition) is 5. The average Bonchev–Trinajstić information content (AvgIpc) is 2.42. The molecule has 0 radical (unpaired) electrons. The van der Waals surface area contributed by atoms with E-state index in [1.54, 1.807) is 0 Å². The number of rotatable bonds is 6. The first kappa shape index (κ1) is 16.4. The van der Waals surface area contributed by atoms with Crippen molar-refractivity contribution in [1.82, 2.24) is 10.6 Å². The van der Waals surface area contributed by atoms with Crippen LogP contribution >= 0.6 is 0 Å². The minimum atomic E-state index is -1.15. The fourth-order valence-electron chi connectivity index (χ4n) is 2.28. The molecule has 1 rings (SSSR count). The van der Waals surface area contributed by atoms with Crippen LogP contribution in [-0.4, -0.2) is 48.7 Å². The Balaban J connectivity index is 2.53. The second-order valence-corrected chi connectivity index (χ2v) is 5.07. The molecule has 0 aromatic carbocycles. The van der Waals surface area contributed by atoms with Crippen molar-refractivity contribution >= 4 is 17.8 Å². The highest BCUT2D eigenvalue weighted by Crippen LogP contribution is 2.16. The molecule has 0 aliphatic carbocycles. The van der Waals surface area contributed by atoms with Crippen molar-refractivity contribution in [2.45, 2.75) is 44.7 Å². The monoisotopic (exact) mass is 286 g/mol. The predicted octanol–water partition coefficient (Wildman–Crippen LogP) is -0.103. The maximum Gasteiger partial charge on any atom is 0.326 e. The first-order valence-electron chi connectivity index (χ1n) is 6.79. The highest BCUT2D eigenvalue weighted by atomic mass is 16.5. The molecule has 0 spiro atoms. The molecule has 20 heavy (non-hydrogen) atoms. The van der Waals surface area contributed by atoms with Crippen LogP contribution in [-0.2, 0) is 19.1 Å². The summed E-state index contributed by atoms with van der Waals surface area (Å²) < 4.78 is 4.46. The van der Waals surface area contributed by atoms with Crippen LogP contribution in [0.1, 0.15) is 32.6 Å². The number of amides is 1. The largest absolute Gasteiger partial charge is 0.480 e. The van der Waals surface area contributed by atoms with Gasteiger partial charge in [0.1, 0.15) is 6.04 Å². The Morgan fingerprint density at radius 3 is 2.70 bits per heavy atom. The van der Waals surface area contributed by atoms with Gasteiger partial charge in [-0.25, -0.2) is 4.79 Å². The lowest BCUT2D eigenvalue weighted by atomic mass is 9.92. The Morgan fingerprint density at radius 2 is 2.15 bits per heavy atom. The van der Waals surface area contributed by atoms with Crippen LogP contribution in [0.4, 0.5) is 0 Å². The van der Waals surface area contributed by atoms with Gasteiger partial charge >= 0.3 is 11.9 Å². The van der Waals surface area contributed by atoms with E-state index in [0.717, 1.165) is 19.4 Å². The zero-order valence-electron chi connectivity index (χ0n) is 11.8. The maximum atomic E-state index is 12.1. The van der Waals surface area contributed by atoms with Crippen molar-refractivity contribution in [2.24, 2.45) is 5.92 Å². The van der Waals surface area contributed by atoms with Gasteiger partial charge in [-0.15, -0.1) is 0 Å². The number of aliphatic carboxylic acids is 1. The van der Waals surface area contributed by atoms with E-state index in [0.29, 0.717) is 0 Å². The molecule has 7 heteroatoms. The van der Waals surface area contributed by atoms with Crippen molar-refractivity contribution in [3.63, 3.8) is 0 Å². The molecule has 0 aromatic rings. The summed E-state index contributed by atoms with van der Waals surface area (Å²) in [7, 11) is 1.24. The fourth-order valence-corrected chi connectivity index (χ4v) is 2.28. The fraction of sp³-hybridized carbons (Fsp3) is 0.769. The SMILES string of the molecule is COC(=O)CC[C@@H](NC(=O)C1NCCCC1C)C(=O)O. The summed E-state index contributed by atoms with van der Waals surface area (Å²) >= 11 is 0. The van der Waals surface area contributed by atoms with Crippen molar-refractivity contribution in [1.29, 1.82) is 0 Å². The molecular formula is C13H22N2O5. The lowest BCUT2D eigenvalue weighted by Gasteiger charge is -2.30. The van der Waals surface area contributed by atoms with E-state index in [9.17, 15) is 14.4 Å². The molecule has 0 aromatic heterocycles. The van der Waals surface area contributed by atoms with E-state index < -0.39 is 18.0 Å². The van der Waals surface area contributed by atoms with Crippen molar-refractivity contribution in [2.75, 3.05) is 13.7 Å². The van der Waals surface area contributed by atoms with E-state index in [4.69, 9.17) is 5.11 Å². The van der Waals surface area contributed by atoms with E-state index >= 15 is 0 Å². The summed E-state index contributed by atoms with van der Waals surface area (Å²) in [4.78, 5) is 34.2. The molecule has 3 N–H and O–H groups in total. The van der Waals surface area contributed by atoms with Gasteiger partial charge in [-0.2, -0.15) is 0 Å². The standard InChI is InChI=1S/C13H22N2O5/c1-8-4-3-7-14-11(8)12(17)15-9(13(18)19)5-6-10(16)20-2/h8-9,11,14H,3-7H2,1-2H3,(H,15,17)(H,18,19)/t8?,9-,11?/m1/s1. The Bertz CT molecular complexity index is 372. The number of piperidine rings is 1. The third-order valence-electron chi connectivity index (χ3n) is 3.53. The second-order valence-electron chi connectivity index (χ2n) is 5.07. The minimum absolute atomic E-state index is 0.0227. The zero-order valence-corrected chi connectivity index (χ0v) is 11.8. The normalized spacial score (nSPS) is 23.7. The van der Waals surface area contributed by atoms with Gasteiger partial charge in [0.05, 0.1) is 13.2 Å². The van der Waals surface area contributed by atoms with Crippen LogP contribution in [0.25, 0.3) is 0 Å². The predicted molar refractivity (Wildman–Crippen MR) is 71.0 cm³/mol. The van der Waals surface area contributed by atoms with Crippen molar-refractivity contribution in [3.8, 4) is 0 Å². The third-order valence-corrected chi connectivity index (χ3v) is 3.53. The topological polar surface area (TPSA) is 105 Å². The molecule has 1 aliphatic rings. The van der Waals surface area contributed by atoms with Crippen LogP contribution in [0.5, 0.6) is 0 Å². The van der Waals surface area contributed by atoms with Crippen LogP contribution in [0, 0.1) is 5.92 Å². The Kier molecular flexibility index (Phi) is 6.44. The molecule has 1 fully saturated rings. The number of carboxylic acids is 1. The number of carboxylic acid groups (broad SMARTS) is 1. The number of ether oxygens (including phenoxy) is 1. The van der Waals surface area contributed by atoms with E-state index in [1.807, 2.05) is 6.92 Å². The van der Waals surface area contributed by atoms with E-state index in [2.05, 4.69) is 15.4 Å². The highest BCUT2D eigenvalue weighted by molar-refractivity contribution is 5.87. The average molecular weight is 286 g/mol. The number of hydrogen-bond donors (Lipinski definition) is 3. The number of nitrogens with one attached hydrogen (secondary N) is 2. The molecule has 1 heterocycles. The van der Waals surface area contributed by atoms with Crippen LogP contribution in [0.15, 0.2) is 0 Å². The molecule has 7 nitrogen and oxygen atoms in total. The van der Waals surface area contributed by atoms with Gasteiger partial charge in [-0.05, 0) is 31.7 Å². The zero-order chi connectivity index (χ0) is 15.1. The van der Waals surface area contributed by atoms with Gasteiger partial charge in [0.2, 0.25) is 5.91 Å². The Labute approximate surface area is 118 Å². The lowest BCUT2D eigenvalue weighted by Crippen LogP contribution is -2.54. The number of carbonyl (C=O) groups is 3. The molecule has 114 valence electrons. The smallest absolute Gasteiger partial charge is 0.326 e. The van der Waals surface area contributed by atoms with E-state index in [1.165, 1.54) is 7.11 Å². The molecule has 3 atom stereocenters. The van der Waals surface area contributed by atoms with E-state index in [-0.39, 0.29) is 30.7 Å². The number of esters is 1. The lowest BCUT2D eigenvalue weighted by molar-refractivity contribution is -0.144. The molecule has 1 saturated heterocycles. The summed E-state index contributed by atoms with van der Waals surface area (Å²) in [5.74, 6) is -1.80. The summed E-state index contributed by atoms with van der Waals surface area (Å²) in [5.41, 5.74) is 0. The summed E-state index contributed by atoms with van der Waals surface area (Å²) in [6.07, 6.45) is 1.93. The highest BCUT2D eigenvalue weighted by Gasteiger charge is 2.30. The molecule has 0 bridgehead atoms. The molecule has 1 aliphatic heterocycles. The van der Waals surface area contributed by atoms with Crippen LogP contribution in [0.3, 0.4) is 0 Å². The van der Waals surface area contributed by atoms with Gasteiger partial charge in [-0.1, -0.05) is 6.92 Å². The van der Waals surface area contributed by atoms with Gasteiger partial charge in [0, 0.05) is 6.42 Å². The molecule has 2 unspecified atom stereocenters. The van der Waals surface area contributed by atoms with Crippen LogP contribution < -0.4 is 10.6 Å². The summed E-state index contributed by atoms with van der Waals surface area (Å²) in [6, 6.07) is -1.44. The second kappa shape index (κ2) is 7.84. The van der Waals surface area contributed by atoms with Gasteiger partial charge in [-0.3, -0.25) is 9.59 Å². The summed E-state index contributed by atoms with van der Waals surface area (Å²) in [5, 5.41) is 14.7. The quantitative estimate of drug-likeness (QED) is 0.589. The number of methoxy groups -OCH3 is 1. The Morgan fingerprint density at radius 1 is 1.45 bits per heavy atom. The first-order chi connectivity index (χ1) is 9.45. The minimum Gasteiger partial charge on any atom is -0.480 e. The molecular weight excluding hydrogens is 264 g/mol. The van der Waals surface area contributed by atoms with Crippen LogP contribution in [0.2, 0.25) is 0 Å². The van der Waals surface area contributed by atoms with Crippen molar-refractivity contribution < 1.29 is 24.2 Å². The van der Waals surface area contributed by atoms with Gasteiger partial charge in [0.25, 0.3) is 0 Å². The first-order valence-corrected chi connectivity index (χ1v) is 6.79. The number of carbonyl (C=O) groups excluding carboxylic acids is 2. The Hall–Kier alpha value is -1.63.